The SMILES string of the molecule is CN(C)CCN1CC(C(=O)N2CCC(Oc3cccnc3)CC2)CC1=O. The first kappa shape index (κ1) is 18.6. The van der Waals surface area contributed by atoms with Gasteiger partial charge in [0.25, 0.3) is 0 Å². The number of likely N-dealkylation sites (tertiary alicyclic amines) is 2. The lowest BCUT2D eigenvalue weighted by molar-refractivity contribution is -0.137. The van der Waals surface area contributed by atoms with Crippen LogP contribution in [0.2, 0.25) is 0 Å². The second-order valence-electron chi connectivity index (χ2n) is 7.38. The molecule has 2 saturated heterocycles. The van der Waals surface area contributed by atoms with Crippen molar-refractivity contribution in [2.45, 2.75) is 25.4 Å². The highest BCUT2D eigenvalue weighted by atomic mass is 16.5. The summed E-state index contributed by atoms with van der Waals surface area (Å²) in [6, 6.07) is 3.75. The van der Waals surface area contributed by atoms with Crippen molar-refractivity contribution in [3.8, 4) is 5.75 Å². The van der Waals surface area contributed by atoms with E-state index in [2.05, 4.69) is 9.88 Å². The van der Waals surface area contributed by atoms with Gasteiger partial charge in [0.2, 0.25) is 11.8 Å². The van der Waals surface area contributed by atoms with E-state index in [9.17, 15) is 9.59 Å². The fourth-order valence-corrected chi connectivity index (χ4v) is 3.54. The first-order valence-electron chi connectivity index (χ1n) is 9.31. The minimum Gasteiger partial charge on any atom is -0.489 e. The van der Waals surface area contributed by atoms with Crippen LogP contribution in [0.25, 0.3) is 0 Å². The molecule has 1 unspecified atom stereocenters. The van der Waals surface area contributed by atoms with Crippen molar-refractivity contribution < 1.29 is 14.3 Å². The van der Waals surface area contributed by atoms with Gasteiger partial charge in [-0.2, -0.15) is 0 Å². The van der Waals surface area contributed by atoms with Crippen molar-refractivity contribution >= 4 is 11.8 Å². The number of carbonyl (C=O) groups excluding carboxylic acids is 2. The minimum atomic E-state index is -0.194. The Morgan fingerprint density at radius 2 is 2.12 bits per heavy atom. The summed E-state index contributed by atoms with van der Waals surface area (Å²) in [5.41, 5.74) is 0. The number of hydrogen-bond acceptors (Lipinski definition) is 5. The number of rotatable bonds is 6. The maximum absolute atomic E-state index is 12.8. The lowest BCUT2D eigenvalue weighted by atomic mass is 10.0. The highest BCUT2D eigenvalue weighted by molar-refractivity contribution is 5.89. The van der Waals surface area contributed by atoms with E-state index in [0.717, 1.165) is 25.1 Å². The topological polar surface area (TPSA) is 66.0 Å². The molecule has 3 heterocycles. The van der Waals surface area contributed by atoms with E-state index in [1.165, 1.54) is 0 Å². The number of likely N-dealkylation sites (N-methyl/N-ethyl adjacent to an activating group) is 1. The Morgan fingerprint density at radius 3 is 2.77 bits per heavy atom. The van der Waals surface area contributed by atoms with Gasteiger partial charge in [0.05, 0.1) is 12.1 Å². The van der Waals surface area contributed by atoms with Gasteiger partial charge in [0, 0.05) is 58.2 Å². The molecule has 142 valence electrons. The normalized spacial score (nSPS) is 21.5. The van der Waals surface area contributed by atoms with E-state index < -0.39 is 0 Å². The molecule has 2 amide bonds. The van der Waals surface area contributed by atoms with Crippen molar-refractivity contribution in [2.24, 2.45) is 5.92 Å². The van der Waals surface area contributed by atoms with Gasteiger partial charge in [-0.05, 0) is 26.2 Å². The fourth-order valence-electron chi connectivity index (χ4n) is 3.54. The van der Waals surface area contributed by atoms with Gasteiger partial charge >= 0.3 is 0 Å². The number of nitrogens with zero attached hydrogens (tertiary/aromatic N) is 4. The molecule has 2 fully saturated rings. The molecule has 0 spiro atoms. The molecular formula is C19H28N4O3. The first-order valence-corrected chi connectivity index (χ1v) is 9.31. The number of piperidine rings is 1. The fraction of sp³-hybridized carbons (Fsp3) is 0.632. The Morgan fingerprint density at radius 1 is 1.35 bits per heavy atom. The molecule has 7 heteroatoms. The van der Waals surface area contributed by atoms with Crippen LogP contribution in [0.3, 0.4) is 0 Å². The zero-order chi connectivity index (χ0) is 18.5. The Hall–Kier alpha value is -2.15. The van der Waals surface area contributed by atoms with E-state index in [1.807, 2.05) is 36.0 Å². The predicted molar refractivity (Wildman–Crippen MR) is 97.7 cm³/mol. The molecule has 26 heavy (non-hydrogen) atoms. The molecule has 0 N–H and O–H groups in total. The summed E-state index contributed by atoms with van der Waals surface area (Å²) >= 11 is 0. The molecule has 0 saturated carbocycles. The lowest BCUT2D eigenvalue weighted by Crippen LogP contribution is -2.45. The van der Waals surface area contributed by atoms with Gasteiger partial charge < -0.3 is 19.4 Å². The number of aromatic nitrogens is 1. The van der Waals surface area contributed by atoms with Gasteiger partial charge in [0.1, 0.15) is 11.9 Å². The van der Waals surface area contributed by atoms with E-state index in [0.29, 0.717) is 32.6 Å². The second-order valence-corrected chi connectivity index (χ2v) is 7.38. The maximum Gasteiger partial charge on any atom is 0.227 e. The third-order valence-corrected chi connectivity index (χ3v) is 5.07. The Bertz CT molecular complexity index is 614. The molecule has 1 atom stereocenters. The van der Waals surface area contributed by atoms with Crippen LogP contribution in [-0.4, -0.2) is 84.4 Å². The van der Waals surface area contributed by atoms with Crippen molar-refractivity contribution in [1.29, 1.82) is 0 Å². The molecule has 0 bridgehead atoms. The molecule has 0 aromatic carbocycles. The largest absolute Gasteiger partial charge is 0.489 e. The molecule has 3 rings (SSSR count). The zero-order valence-electron chi connectivity index (χ0n) is 15.6. The van der Waals surface area contributed by atoms with Crippen LogP contribution < -0.4 is 4.74 Å². The minimum absolute atomic E-state index is 0.0972. The monoisotopic (exact) mass is 360 g/mol. The Labute approximate surface area is 154 Å². The summed E-state index contributed by atoms with van der Waals surface area (Å²) in [5.74, 6) is 0.793. The van der Waals surface area contributed by atoms with E-state index >= 15 is 0 Å². The van der Waals surface area contributed by atoms with Crippen molar-refractivity contribution in [2.75, 3.05) is 46.8 Å². The predicted octanol–water partition coefficient (Wildman–Crippen LogP) is 0.862. The van der Waals surface area contributed by atoms with Crippen LogP contribution in [0.15, 0.2) is 24.5 Å². The molecule has 1 aromatic heterocycles. The van der Waals surface area contributed by atoms with Gasteiger partial charge in [-0.25, -0.2) is 0 Å². The van der Waals surface area contributed by atoms with Crippen LogP contribution in [-0.2, 0) is 9.59 Å². The number of ether oxygens (including phenoxy) is 1. The molecule has 0 radical (unpaired) electrons. The summed E-state index contributed by atoms with van der Waals surface area (Å²) in [7, 11) is 3.97. The molecule has 7 nitrogen and oxygen atoms in total. The number of hydrogen-bond donors (Lipinski definition) is 0. The summed E-state index contributed by atoms with van der Waals surface area (Å²) in [5, 5.41) is 0. The molecule has 0 aliphatic carbocycles. The van der Waals surface area contributed by atoms with Crippen LogP contribution >= 0.6 is 0 Å². The molecular weight excluding hydrogens is 332 g/mol. The third-order valence-electron chi connectivity index (χ3n) is 5.07. The zero-order valence-corrected chi connectivity index (χ0v) is 15.6. The van der Waals surface area contributed by atoms with Gasteiger partial charge in [0.15, 0.2) is 0 Å². The Kier molecular flexibility index (Phi) is 6.08. The molecule has 1 aromatic rings. The van der Waals surface area contributed by atoms with Gasteiger partial charge in [-0.15, -0.1) is 0 Å². The van der Waals surface area contributed by atoms with Crippen LogP contribution in [0.4, 0.5) is 0 Å². The molecule has 2 aliphatic heterocycles. The van der Waals surface area contributed by atoms with Crippen molar-refractivity contribution in [3.63, 3.8) is 0 Å². The molecule has 2 aliphatic rings. The van der Waals surface area contributed by atoms with E-state index in [-0.39, 0.29) is 23.8 Å². The average Bonchev–Trinajstić information content (AvgIpc) is 3.02. The Balaban J connectivity index is 1.46. The smallest absolute Gasteiger partial charge is 0.227 e. The second kappa shape index (κ2) is 8.49. The lowest BCUT2D eigenvalue weighted by Gasteiger charge is -2.33. The first-order chi connectivity index (χ1) is 12.5. The van der Waals surface area contributed by atoms with Crippen molar-refractivity contribution in [1.82, 2.24) is 19.7 Å². The summed E-state index contributed by atoms with van der Waals surface area (Å²) < 4.78 is 5.93. The van der Waals surface area contributed by atoms with Crippen LogP contribution in [0.1, 0.15) is 19.3 Å². The van der Waals surface area contributed by atoms with Gasteiger partial charge in [-0.1, -0.05) is 0 Å². The standard InChI is InChI=1S/C19H28N4O3/c1-21(2)10-11-23-14-15(12-18(23)24)19(25)22-8-5-16(6-9-22)26-17-4-3-7-20-13-17/h3-4,7,13,15-16H,5-6,8-12,14H2,1-2H3. The van der Waals surface area contributed by atoms with Crippen LogP contribution in [0.5, 0.6) is 5.75 Å². The van der Waals surface area contributed by atoms with Crippen molar-refractivity contribution in [3.05, 3.63) is 24.5 Å². The summed E-state index contributed by atoms with van der Waals surface area (Å²) in [4.78, 5) is 34.8. The van der Waals surface area contributed by atoms with Crippen LogP contribution in [0, 0.1) is 5.92 Å². The summed E-state index contributed by atoms with van der Waals surface area (Å²) in [6.07, 6.45) is 5.52. The summed E-state index contributed by atoms with van der Waals surface area (Å²) in [6.45, 7) is 3.44. The van der Waals surface area contributed by atoms with E-state index in [4.69, 9.17) is 4.74 Å². The highest BCUT2D eigenvalue weighted by Gasteiger charge is 2.37. The maximum atomic E-state index is 12.8. The van der Waals surface area contributed by atoms with E-state index in [1.54, 1.807) is 12.4 Å². The number of carbonyl (C=O) groups is 2. The highest BCUT2D eigenvalue weighted by Crippen LogP contribution is 2.23. The van der Waals surface area contributed by atoms with Gasteiger partial charge in [-0.3, -0.25) is 14.6 Å². The number of amides is 2. The average molecular weight is 360 g/mol. The number of pyridine rings is 1. The quantitative estimate of drug-likeness (QED) is 0.753. The third kappa shape index (κ3) is 4.72.